The van der Waals surface area contributed by atoms with Crippen molar-refractivity contribution in [2.45, 2.75) is 32.0 Å². The molecule has 0 unspecified atom stereocenters. The van der Waals surface area contributed by atoms with Crippen molar-refractivity contribution in [3.05, 3.63) is 68.6 Å². The number of ether oxygens (including phenoxy) is 1. The summed E-state index contributed by atoms with van der Waals surface area (Å²) in [6.45, 7) is -1.52. The number of carbonyl (C=O) groups excluding carboxylic acids is 1. The molecule has 14 heteroatoms. The molecule has 3 aromatic rings. The molecule has 0 atom stereocenters. The van der Waals surface area contributed by atoms with Crippen molar-refractivity contribution in [2.24, 2.45) is 0 Å². The molecular weight excluding hydrogens is 506 g/mol. The zero-order chi connectivity index (χ0) is 25.5. The fourth-order valence-corrected chi connectivity index (χ4v) is 3.73. The maximum Gasteiger partial charge on any atom is 0.422 e. The fourth-order valence-electron chi connectivity index (χ4n) is 3.54. The van der Waals surface area contributed by atoms with Gasteiger partial charge in [0.15, 0.2) is 18.2 Å². The molecule has 4 rings (SSSR count). The molecule has 0 spiro atoms. The van der Waals surface area contributed by atoms with E-state index in [1.54, 1.807) is 0 Å². The first-order valence-electron chi connectivity index (χ1n) is 10.1. The van der Waals surface area contributed by atoms with E-state index in [2.05, 4.69) is 5.10 Å². The summed E-state index contributed by atoms with van der Waals surface area (Å²) in [7, 11) is 0. The van der Waals surface area contributed by atoms with Crippen LogP contribution in [0.2, 0.25) is 5.02 Å². The van der Waals surface area contributed by atoms with Crippen molar-refractivity contribution < 1.29 is 35.9 Å². The number of aryl methyl sites for hydroxylation is 1. The van der Waals surface area contributed by atoms with E-state index in [9.17, 15) is 31.5 Å². The number of fused-ring (bicyclic) bond motifs is 1. The molecule has 0 bridgehead atoms. The summed E-state index contributed by atoms with van der Waals surface area (Å²) in [5, 5.41) is 5.54. The van der Waals surface area contributed by atoms with E-state index in [0.717, 1.165) is 12.5 Å². The normalized spacial score (nSPS) is 13.5. The fraction of sp³-hybridized carbons (Fsp3) is 0.286. The number of aromatic nitrogens is 3. The van der Waals surface area contributed by atoms with Gasteiger partial charge in [-0.1, -0.05) is 11.6 Å². The van der Waals surface area contributed by atoms with Crippen LogP contribution in [0.5, 0.6) is 5.75 Å². The molecule has 0 saturated carbocycles. The van der Waals surface area contributed by atoms with Crippen molar-refractivity contribution in [3.8, 4) is 11.4 Å². The molecule has 1 aliphatic heterocycles. The lowest BCUT2D eigenvalue weighted by Crippen LogP contribution is -2.27. The number of carbonyl (C=O) groups is 1. The monoisotopic (exact) mass is 520 g/mol. The minimum atomic E-state index is -4.83. The Balaban J connectivity index is 1.78. The van der Waals surface area contributed by atoms with Crippen molar-refractivity contribution >= 4 is 23.2 Å². The molecule has 0 saturated heterocycles. The quantitative estimate of drug-likeness (QED) is 0.393. The first kappa shape index (κ1) is 24.6. The molecule has 1 N–H and O–H groups in total. The summed E-state index contributed by atoms with van der Waals surface area (Å²) in [6, 6.07) is 2.85. The summed E-state index contributed by atoms with van der Waals surface area (Å²) in [6.07, 6.45) is -2.94. The van der Waals surface area contributed by atoms with E-state index in [1.807, 2.05) is 5.32 Å². The van der Waals surface area contributed by atoms with E-state index in [1.165, 1.54) is 4.57 Å². The molecule has 186 valence electrons. The van der Waals surface area contributed by atoms with Gasteiger partial charge >= 0.3 is 11.9 Å². The third-order valence-electron chi connectivity index (χ3n) is 5.17. The zero-order valence-electron chi connectivity index (χ0n) is 17.6. The van der Waals surface area contributed by atoms with Crippen LogP contribution in [0.15, 0.2) is 29.1 Å². The van der Waals surface area contributed by atoms with Gasteiger partial charge < -0.3 is 10.1 Å². The maximum atomic E-state index is 15.0. The molecule has 0 radical (unpaired) electrons. The van der Waals surface area contributed by atoms with Crippen LogP contribution in [0.1, 0.15) is 29.0 Å². The second kappa shape index (κ2) is 9.29. The van der Waals surface area contributed by atoms with Gasteiger partial charge in [-0.3, -0.25) is 9.36 Å². The van der Waals surface area contributed by atoms with E-state index < -0.39 is 69.5 Å². The van der Waals surface area contributed by atoms with E-state index >= 15 is 4.39 Å². The number of nitrogens with one attached hydrogen (secondary N) is 1. The first-order valence-corrected chi connectivity index (χ1v) is 10.5. The maximum absolute atomic E-state index is 15.0. The first-order chi connectivity index (χ1) is 16.5. The number of alkyl halides is 3. The number of amides is 1. The van der Waals surface area contributed by atoms with Gasteiger partial charge in [0.05, 0.1) is 16.3 Å². The van der Waals surface area contributed by atoms with Crippen molar-refractivity contribution in [3.63, 3.8) is 0 Å². The Morgan fingerprint density at radius 1 is 1.14 bits per heavy atom. The van der Waals surface area contributed by atoms with Gasteiger partial charge in [-0.2, -0.15) is 17.9 Å². The largest absolute Gasteiger partial charge is 0.483 e. The molecule has 0 aliphatic carbocycles. The van der Waals surface area contributed by atoms with Crippen LogP contribution in [-0.4, -0.2) is 33.0 Å². The van der Waals surface area contributed by atoms with Gasteiger partial charge in [0.2, 0.25) is 0 Å². The van der Waals surface area contributed by atoms with Gasteiger partial charge in [-0.25, -0.2) is 18.0 Å². The Kier molecular flexibility index (Phi) is 6.54. The third-order valence-corrected chi connectivity index (χ3v) is 5.48. The molecular formula is C21H15ClF6N4O3. The number of halogens is 7. The highest BCUT2D eigenvalue weighted by Crippen LogP contribution is 2.31. The molecule has 1 aromatic heterocycles. The molecule has 0 fully saturated rings. The molecule has 35 heavy (non-hydrogen) atoms. The highest BCUT2D eigenvalue weighted by Gasteiger charge is 2.31. The molecule has 1 amide bonds. The lowest BCUT2D eigenvalue weighted by molar-refractivity contribution is -0.153. The van der Waals surface area contributed by atoms with Gasteiger partial charge in [-0.15, -0.1) is 5.10 Å². The summed E-state index contributed by atoms with van der Waals surface area (Å²) in [5.41, 5.74) is -2.86. The van der Waals surface area contributed by atoms with Crippen LogP contribution in [0.3, 0.4) is 0 Å². The summed E-state index contributed by atoms with van der Waals surface area (Å²) < 4.78 is 87.8. The van der Waals surface area contributed by atoms with Crippen molar-refractivity contribution in [1.29, 1.82) is 0 Å². The minimum Gasteiger partial charge on any atom is -0.483 e. The highest BCUT2D eigenvalue weighted by atomic mass is 35.5. The van der Waals surface area contributed by atoms with Crippen molar-refractivity contribution in [1.82, 2.24) is 14.3 Å². The number of hydrogen-bond donors (Lipinski definition) is 1. The lowest BCUT2D eigenvalue weighted by atomic mass is 10.1. The number of rotatable bonds is 5. The number of hydrogen-bond acceptors (Lipinski definition) is 4. The predicted octanol–water partition coefficient (Wildman–Crippen LogP) is 4.63. The zero-order valence-corrected chi connectivity index (χ0v) is 18.3. The van der Waals surface area contributed by atoms with Crippen LogP contribution in [0.25, 0.3) is 5.69 Å². The van der Waals surface area contributed by atoms with Gasteiger partial charge in [0.25, 0.3) is 5.91 Å². The Hall–Kier alpha value is -3.48. The van der Waals surface area contributed by atoms with E-state index in [-0.39, 0.29) is 0 Å². The van der Waals surface area contributed by atoms with Crippen LogP contribution < -0.4 is 15.7 Å². The van der Waals surface area contributed by atoms with Crippen LogP contribution in [0.4, 0.5) is 32.0 Å². The Bertz CT molecular complexity index is 1370. The number of anilines is 1. The molecule has 1 aliphatic rings. The van der Waals surface area contributed by atoms with E-state index in [4.69, 9.17) is 16.3 Å². The third kappa shape index (κ3) is 4.99. The standard InChI is InChI=1S/C21H15ClF6N4O3/c22-11-4-5-12(23)17(25)18(11)29-19(33)10-7-13(24)14(8-15(10)35-9-21(26,27)28)32-20(34)31-6-2-1-3-16(31)30-32/h4-5,7-8H,1-3,6,9H2,(H,29,33). The molecule has 2 aromatic carbocycles. The van der Waals surface area contributed by atoms with Gasteiger partial charge in [-0.05, 0) is 31.0 Å². The average Bonchev–Trinajstić information content (AvgIpc) is 3.14. The summed E-state index contributed by atoms with van der Waals surface area (Å²) in [5.74, 6) is -5.83. The van der Waals surface area contributed by atoms with Gasteiger partial charge in [0.1, 0.15) is 23.1 Å². The van der Waals surface area contributed by atoms with Crippen LogP contribution in [-0.2, 0) is 13.0 Å². The Morgan fingerprint density at radius 3 is 2.57 bits per heavy atom. The van der Waals surface area contributed by atoms with Gasteiger partial charge in [0, 0.05) is 19.0 Å². The predicted molar refractivity (Wildman–Crippen MR) is 112 cm³/mol. The second-order valence-electron chi connectivity index (χ2n) is 7.60. The smallest absolute Gasteiger partial charge is 0.422 e. The Morgan fingerprint density at radius 2 is 1.89 bits per heavy atom. The van der Waals surface area contributed by atoms with Crippen LogP contribution in [0, 0.1) is 17.5 Å². The SMILES string of the molecule is O=C(Nc1c(Cl)ccc(F)c1F)c1cc(F)c(-n2nc3n(c2=O)CCCC3)cc1OCC(F)(F)F. The topological polar surface area (TPSA) is 78.2 Å². The molecule has 7 nitrogen and oxygen atoms in total. The highest BCUT2D eigenvalue weighted by molar-refractivity contribution is 6.34. The van der Waals surface area contributed by atoms with Crippen LogP contribution >= 0.6 is 11.6 Å². The van der Waals surface area contributed by atoms with Crippen molar-refractivity contribution in [2.75, 3.05) is 11.9 Å². The molecule has 2 heterocycles. The minimum absolute atomic E-state index is 0.341. The average molecular weight is 521 g/mol. The second-order valence-corrected chi connectivity index (χ2v) is 8.00. The Labute approximate surface area is 197 Å². The number of nitrogens with zero attached hydrogens (tertiary/aromatic N) is 3. The number of benzene rings is 2. The summed E-state index contributed by atoms with van der Waals surface area (Å²) >= 11 is 5.77. The summed E-state index contributed by atoms with van der Waals surface area (Å²) in [4.78, 5) is 25.4. The van der Waals surface area contributed by atoms with E-state index in [0.29, 0.717) is 48.1 Å². The lowest BCUT2D eigenvalue weighted by Gasteiger charge is -2.16.